The molecule has 1 aromatic carbocycles. The molecule has 0 amide bonds. The second-order valence-corrected chi connectivity index (χ2v) is 9.56. The van der Waals surface area contributed by atoms with Gasteiger partial charge in [0.1, 0.15) is 13.9 Å². The zero-order chi connectivity index (χ0) is 12.9. The van der Waals surface area contributed by atoms with Gasteiger partial charge in [0.25, 0.3) is 0 Å². The van der Waals surface area contributed by atoms with Gasteiger partial charge < -0.3 is 5.11 Å². The van der Waals surface area contributed by atoms with E-state index >= 15 is 0 Å². The zero-order valence-electron chi connectivity index (χ0n) is 10.4. The number of aliphatic hydroxyl groups excluding tert-OH is 1. The van der Waals surface area contributed by atoms with Crippen molar-refractivity contribution in [1.82, 2.24) is 0 Å². The summed E-state index contributed by atoms with van der Waals surface area (Å²) >= 11 is 0. The van der Waals surface area contributed by atoms with Crippen LogP contribution in [0.2, 0.25) is 19.6 Å². The fraction of sp³-hybridized carbons (Fsp3) is 0.286. The van der Waals surface area contributed by atoms with Crippen molar-refractivity contribution in [3.8, 4) is 11.5 Å². The normalized spacial score (nSPS) is 11.9. The SMILES string of the molecule is C[Si](C)(C)C#CC(=CCO)c1ccc(F)cc1. The number of halogens is 1. The Hall–Kier alpha value is -1.37. The molecule has 1 N–H and O–H groups in total. The molecule has 0 spiro atoms. The number of hydrogen-bond acceptors (Lipinski definition) is 1. The van der Waals surface area contributed by atoms with Crippen molar-refractivity contribution in [2.75, 3.05) is 6.61 Å². The Morgan fingerprint density at radius 2 is 1.88 bits per heavy atom. The van der Waals surface area contributed by atoms with Gasteiger partial charge in [0.2, 0.25) is 0 Å². The van der Waals surface area contributed by atoms with Crippen molar-refractivity contribution in [3.05, 3.63) is 41.7 Å². The van der Waals surface area contributed by atoms with E-state index in [9.17, 15) is 4.39 Å². The van der Waals surface area contributed by atoms with Gasteiger partial charge in [0, 0.05) is 5.57 Å². The molecule has 1 nitrogen and oxygen atoms in total. The van der Waals surface area contributed by atoms with Crippen molar-refractivity contribution < 1.29 is 9.50 Å². The first-order chi connectivity index (χ1) is 7.92. The molecule has 0 radical (unpaired) electrons. The van der Waals surface area contributed by atoms with Gasteiger partial charge in [-0.2, -0.15) is 0 Å². The maximum absolute atomic E-state index is 12.8. The van der Waals surface area contributed by atoms with E-state index < -0.39 is 8.07 Å². The van der Waals surface area contributed by atoms with Crippen LogP contribution in [0.4, 0.5) is 4.39 Å². The molecule has 0 unspecified atom stereocenters. The van der Waals surface area contributed by atoms with E-state index in [2.05, 4.69) is 31.1 Å². The van der Waals surface area contributed by atoms with Gasteiger partial charge in [0.15, 0.2) is 0 Å². The quantitative estimate of drug-likeness (QED) is 0.630. The number of benzene rings is 1. The Morgan fingerprint density at radius 1 is 1.29 bits per heavy atom. The van der Waals surface area contributed by atoms with E-state index in [1.165, 1.54) is 12.1 Å². The van der Waals surface area contributed by atoms with Gasteiger partial charge in [0.05, 0.1) is 6.61 Å². The molecule has 3 heteroatoms. The van der Waals surface area contributed by atoms with E-state index in [1.54, 1.807) is 18.2 Å². The molecule has 17 heavy (non-hydrogen) atoms. The van der Waals surface area contributed by atoms with Crippen LogP contribution in [-0.4, -0.2) is 19.8 Å². The van der Waals surface area contributed by atoms with Gasteiger partial charge in [-0.05, 0) is 23.8 Å². The summed E-state index contributed by atoms with van der Waals surface area (Å²) in [7, 11) is -1.45. The number of hydrogen-bond donors (Lipinski definition) is 1. The highest BCUT2D eigenvalue weighted by Gasteiger charge is 2.08. The molecule has 1 rings (SSSR count). The van der Waals surface area contributed by atoms with Crippen molar-refractivity contribution in [2.24, 2.45) is 0 Å². The summed E-state index contributed by atoms with van der Waals surface area (Å²) in [6.07, 6.45) is 1.65. The lowest BCUT2D eigenvalue weighted by Gasteiger charge is -2.05. The lowest BCUT2D eigenvalue weighted by molar-refractivity contribution is 0.343. The van der Waals surface area contributed by atoms with Gasteiger partial charge in [-0.25, -0.2) is 4.39 Å². The lowest BCUT2D eigenvalue weighted by atomic mass is 10.1. The molecule has 0 aliphatic carbocycles. The molecular formula is C14H17FOSi. The second kappa shape index (κ2) is 5.81. The van der Waals surface area contributed by atoms with Crippen LogP contribution in [0, 0.1) is 17.3 Å². The fourth-order valence-electron chi connectivity index (χ4n) is 1.22. The smallest absolute Gasteiger partial charge is 0.129 e. The Balaban J connectivity index is 3.06. The summed E-state index contributed by atoms with van der Waals surface area (Å²) in [5, 5.41) is 8.98. The number of rotatable bonds is 2. The summed E-state index contributed by atoms with van der Waals surface area (Å²) < 4.78 is 12.8. The van der Waals surface area contributed by atoms with Crippen LogP contribution in [0.1, 0.15) is 5.56 Å². The summed E-state index contributed by atoms with van der Waals surface area (Å²) in [6.45, 7) is 6.40. The molecular weight excluding hydrogens is 231 g/mol. The van der Waals surface area contributed by atoms with Gasteiger partial charge in [-0.1, -0.05) is 37.7 Å². The van der Waals surface area contributed by atoms with Crippen molar-refractivity contribution >= 4 is 13.6 Å². The van der Waals surface area contributed by atoms with E-state index in [4.69, 9.17) is 5.11 Å². The molecule has 0 saturated heterocycles. The molecule has 0 bridgehead atoms. The third-order valence-corrected chi connectivity index (χ3v) is 2.90. The van der Waals surface area contributed by atoms with E-state index in [1.807, 2.05) is 0 Å². The van der Waals surface area contributed by atoms with Crippen molar-refractivity contribution in [3.63, 3.8) is 0 Å². The topological polar surface area (TPSA) is 20.2 Å². The Kier molecular flexibility index (Phi) is 4.68. The molecule has 0 heterocycles. The monoisotopic (exact) mass is 248 g/mol. The summed E-state index contributed by atoms with van der Waals surface area (Å²) in [4.78, 5) is 0. The minimum Gasteiger partial charge on any atom is -0.392 e. The number of allylic oxidation sites excluding steroid dienone is 1. The molecule has 0 saturated carbocycles. The standard InChI is InChI=1S/C14H17FOSi/c1-17(2,3)11-9-13(8-10-16)12-4-6-14(15)7-5-12/h4-8,16H,10H2,1-3H3. The van der Waals surface area contributed by atoms with Gasteiger partial charge in [-0.3, -0.25) is 0 Å². The van der Waals surface area contributed by atoms with Crippen LogP contribution >= 0.6 is 0 Å². The predicted molar refractivity (Wildman–Crippen MR) is 72.6 cm³/mol. The van der Waals surface area contributed by atoms with E-state index in [-0.39, 0.29) is 12.4 Å². The maximum atomic E-state index is 12.8. The summed E-state index contributed by atoms with van der Waals surface area (Å²) in [6, 6.07) is 6.15. The van der Waals surface area contributed by atoms with Crippen LogP contribution in [0.5, 0.6) is 0 Å². The van der Waals surface area contributed by atoms with E-state index in [0.717, 1.165) is 11.1 Å². The molecule has 90 valence electrons. The van der Waals surface area contributed by atoms with Crippen LogP contribution in [-0.2, 0) is 0 Å². The Morgan fingerprint density at radius 3 is 2.35 bits per heavy atom. The summed E-state index contributed by atoms with van der Waals surface area (Å²) in [5.41, 5.74) is 4.83. The first-order valence-corrected chi connectivity index (χ1v) is 9.02. The number of aliphatic hydroxyl groups is 1. The zero-order valence-corrected chi connectivity index (χ0v) is 11.4. The molecule has 0 aliphatic rings. The van der Waals surface area contributed by atoms with Crippen LogP contribution < -0.4 is 0 Å². The van der Waals surface area contributed by atoms with Crippen molar-refractivity contribution in [1.29, 1.82) is 0 Å². The third kappa shape index (κ3) is 4.99. The van der Waals surface area contributed by atoms with Gasteiger partial charge in [-0.15, -0.1) is 5.54 Å². The average molecular weight is 248 g/mol. The van der Waals surface area contributed by atoms with Crippen molar-refractivity contribution in [2.45, 2.75) is 19.6 Å². The highest BCUT2D eigenvalue weighted by atomic mass is 28.3. The summed E-state index contributed by atoms with van der Waals surface area (Å²) in [5.74, 6) is 2.82. The molecule has 0 fully saturated rings. The molecule has 0 atom stereocenters. The van der Waals surface area contributed by atoms with Crippen LogP contribution in [0.15, 0.2) is 30.3 Å². The highest BCUT2D eigenvalue weighted by Crippen LogP contribution is 2.14. The lowest BCUT2D eigenvalue weighted by Crippen LogP contribution is -2.16. The van der Waals surface area contributed by atoms with E-state index in [0.29, 0.717) is 0 Å². The molecule has 0 aliphatic heterocycles. The minimum atomic E-state index is -1.45. The first kappa shape index (κ1) is 13.7. The van der Waals surface area contributed by atoms with Gasteiger partial charge >= 0.3 is 0 Å². The van der Waals surface area contributed by atoms with Crippen LogP contribution in [0.3, 0.4) is 0 Å². The fourth-order valence-corrected chi connectivity index (χ4v) is 1.73. The Labute approximate surface area is 103 Å². The molecule has 1 aromatic rings. The maximum Gasteiger partial charge on any atom is 0.129 e. The average Bonchev–Trinajstić information content (AvgIpc) is 2.24. The first-order valence-electron chi connectivity index (χ1n) is 5.52. The van der Waals surface area contributed by atoms with Crippen LogP contribution in [0.25, 0.3) is 5.57 Å². The highest BCUT2D eigenvalue weighted by molar-refractivity contribution is 6.84. The third-order valence-electron chi connectivity index (χ3n) is 2.02. The predicted octanol–water partition coefficient (Wildman–Crippen LogP) is 3.08. The second-order valence-electron chi connectivity index (χ2n) is 4.81. The largest absolute Gasteiger partial charge is 0.392 e. The minimum absolute atomic E-state index is 0.0624. The molecule has 0 aromatic heterocycles. The Bertz CT molecular complexity index is 458.